The van der Waals surface area contributed by atoms with Gasteiger partial charge >= 0.3 is 0 Å². The minimum atomic E-state index is -0.306. The van der Waals surface area contributed by atoms with E-state index < -0.39 is 0 Å². The van der Waals surface area contributed by atoms with Gasteiger partial charge in [0.25, 0.3) is 0 Å². The molecule has 0 fully saturated rings. The molecule has 8 nitrogen and oxygen atoms in total. The second-order valence-electron chi connectivity index (χ2n) is 5.98. The number of fused-ring (bicyclic) bond motifs is 1. The highest BCUT2D eigenvalue weighted by Gasteiger charge is 2.28. The van der Waals surface area contributed by atoms with Crippen molar-refractivity contribution in [1.29, 1.82) is 5.26 Å². The predicted molar refractivity (Wildman–Crippen MR) is 103 cm³/mol. The van der Waals surface area contributed by atoms with E-state index in [-0.39, 0.29) is 12.2 Å². The summed E-state index contributed by atoms with van der Waals surface area (Å²) in [6.07, 6.45) is 4.85. The van der Waals surface area contributed by atoms with Gasteiger partial charge in [0.2, 0.25) is 0 Å². The van der Waals surface area contributed by atoms with Crippen molar-refractivity contribution in [2.24, 2.45) is 0 Å². The number of H-pyrrole nitrogens is 1. The van der Waals surface area contributed by atoms with Crippen LogP contribution >= 0.6 is 0 Å². The summed E-state index contributed by atoms with van der Waals surface area (Å²) in [5.74, 6) is 1.29. The topological polar surface area (TPSA) is 104 Å². The van der Waals surface area contributed by atoms with Crippen LogP contribution in [0.25, 0.3) is 11.0 Å². The van der Waals surface area contributed by atoms with Gasteiger partial charge in [-0.3, -0.25) is 0 Å². The Morgan fingerprint density at radius 2 is 2.11 bits per heavy atom. The molecule has 27 heavy (non-hydrogen) atoms. The number of allylic oxidation sites excluding steroid dienone is 1. The number of aromatic nitrogens is 2. The van der Waals surface area contributed by atoms with E-state index in [0.717, 1.165) is 23.3 Å². The molecule has 0 aromatic carbocycles. The fourth-order valence-corrected chi connectivity index (χ4v) is 3.17. The molecule has 2 aromatic rings. The molecule has 3 N–H and O–H groups in total. The molecule has 0 radical (unpaired) electrons. The maximum atomic E-state index is 9.31. The van der Waals surface area contributed by atoms with Crippen molar-refractivity contribution >= 4 is 22.5 Å². The van der Waals surface area contributed by atoms with Crippen molar-refractivity contribution in [2.45, 2.75) is 19.1 Å². The number of methoxy groups -OCH3 is 3. The van der Waals surface area contributed by atoms with Crippen LogP contribution in [0.5, 0.6) is 0 Å². The first-order chi connectivity index (χ1) is 13.1. The van der Waals surface area contributed by atoms with Gasteiger partial charge in [0.1, 0.15) is 35.5 Å². The van der Waals surface area contributed by atoms with Crippen molar-refractivity contribution in [2.75, 3.05) is 38.5 Å². The molecule has 8 heteroatoms. The lowest BCUT2D eigenvalue weighted by molar-refractivity contribution is -0.0189. The maximum absolute atomic E-state index is 9.31. The number of anilines is 2. The first-order valence-electron chi connectivity index (χ1n) is 8.61. The zero-order chi connectivity index (χ0) is 19.4. The van der Waals surface area contributed by atoms with E-state index >= 15 is 0 Å². The molecular weight excluding hydrogens is 346 g/mol. The number of hydrogen-bond donors (Lipinski definition) is 3. The molecule has 0 saturated heterocycles. The number of aromatic amines is 1. The molecule has 2 atom stereocenters. The van der Waals surface area contributed by atoms with Gasteiger partial charge in [0.05, 0.1) is 23.7 Å². The summed E-state index contributed by atoms with van der Waals surface area (Å²) in [6, 6.07) is 4.07. The molecule has 0 aliphatic heterocycles. The highest BCUT2D eigenvalue weighted by atomic mass is 16.6. The number of rotatable bonds is 7. The third kappa shape index (κ3) is 3.60. The van der Waals surface area contributed by atoms with Crippen LogP contribution in [0.2, 0.25) is 0 Å². The van der Waals surface area contributed by atoms with Gasteiger partial charge in [-0.1, -0.05) is 0 Å². The SMILES string of the molecule is CCNc1cc(NC2=CC(OC)C(OC)C(OC)=C2)nc2[nH]cc(C#N)c12. The molecule has 142 valence electrons. The van der Waals surface area contributed by atoms with Crippen LogP contribution in [0.15, 0.2) is 35.9 Å². The fraction of sp³-hybridized carbons (Fsp3) is 0.368. The zero-order valence-corrected chi connectivity index (χ0v) is 15.8. The number of nitrogens with one attached hydrogen (secondary N) is 3. The van der Waals surface area contributed by atoms with Gasteiger partial charge in [-0.25, -0.2) is 4.98 Å². The molecule has 2 unspecified atom stereocenters. The van der Waals surface area contributed by atoms with Crippen LogP contribution < -0.4 is 10.6 Å². The lowest BCUT2D eigenvalue weighted by Crippen LogP contribution is -2.34. The van der Waals surface area contributed by atoms with Gasteiger partial charge in [-0.2, -0.15) is 5.26 Å². The fourth-order valence-electron chi connectivity index (χ4n) is 3.17. The summed E-state index contributed by atoms with van der Waals surface area (Å²) in [5.41, 5.74) is 2.82. The summed E-state index contributed by atoms with van der Waals surface area (Å²) in [7, 11) is 4.84. The molecule has 0 saturated carbocycles. The Balaban J connectivity index is 1.98. The highest BCUT2D eigenvalue weighted by molar-refractivity contribution is 5.96. The Morgan fingerprint density at radius 1 is 1.30 bits per heavy atom. The molecule has 1 aliphatic rings. The van der Waals surface area contributed by atoms with Crippen LogP contribution in [0.3, 0.4) is 0 Å². The minimum absolute atomic E-state index is 0.287. The van der Waals surface area contributed by atoms with E-state index in [0.29, 0.717) is 22.8 Å². The molecule has 0 amide bonds. The number of ether oxygens (including phenoxy) is 3. The Morgan fingerprint density at radius 3 is 2.74 bits per heavy atom. The normalized spacial score (nSPS) is 19.2. The summed E-state index contributed by atoms with van der Waals surface area (Å²) >= 11 is 0. The van der Waals surface area contributed by atoms with Crippen molar-refractivity contribution < 1.29 is 14.2 Å². The molecule has 3 rings (SSSR count). The predicted octanol–water partition coefficient (Wildman–Crippen LogP) is 2.74. The molecular formula is C19H23N5O3. The van der Waals surface area contributed by atoms with Gasteiger partial charge in [0, 0.05) is 44.8 Å². The number of nitrogens with zero attached hydrogens (tertiary/aromatic N) is 2. The van der Waals surface area contributed by atoms with Crippen LogP contribution in [0.4, 0.5) is 11.5 Å². The molecule has 2 heterocycles. The number of hydrogen-bond acceptors (Lipinski definition) is 7. The van der Waals surface area contributed by atoms with Gasteiger partial charge in [0.15, 0.2) is 0 Å². The summed E-state index contributed by atoms with van der Waals surface area (Å²) in [5, 5.41) is 16.7. The van der Waals surface area contributed by atoms with Crippen LogP contribution in [-0.4, -0.2) is 50.1 Å². The van der Waals surface area contributed by atoms with Gasteiger partial charge < -0.3 is 29.8 Å². The highest BCUT2D eigenvalue weighted by Crippen LogP contribution is 2.30. The first kappa shape index (κ1) is 18.8. The zero-order valence-electron chi connectivity index (χ0n) is 15.8. The Hall–Kier alpha value is -3.02. The van der Waals surface area contributed by atoms with Crippen LogP contribution in [-0.2, 0) is 14.2 Å². The summed E-state index contributed by atoms with van der Waals surface area (Å²) in [4.78, 5) is 7.63. The number of pyridine rings is 1. The molecule has 1 aliphatic carbocycles. The lowest BCUT2D eigenvalue weighted by atomic mass is 10.0. The van der Waals surface area contributed by atoms with Gasteiger partial charge in [-0.05, 0) is 13.0 Å². The monoisotopic (exact) mass is 369 g/mol. The standard InChI is InChI=1S/C19H23N5O3/c1-5-21-13-8-16(24-19-17(13)11(9-20)10-22-19)23-12-6-14(25-2)18(27-4)15(7-12)26-3/h6-8,10,14,18H,5H2,1-4H3,(H3,21,22,23,24). The number of nitriles is 1. The van der Waals surface area contributed by atoms with E-state index in [1.165, 1.54) is 0 Å². The Labute approximate surface area is 157 Å². The Bertz CT molecular complexity index is 925. The van der Waals surface area contributed by atoms with Gasteiger partial charge in [-0.15, -0.1) is 0 Å². The largest absolute Gasteiger partial charge is 0.498 e. The smallest absolute Gasteiger partial charge is 0.144 e. The van der Waals surface area contributed by atoms with Crippen molar-refractivity contribution in [3.63, 3.8) is 0 Å². The van der Waals surface area contributed by atoms with E-state index in [1.807, 2.05) is 25.1 Å². The van der Waals surface area contributed by atoms with E-state index in [1.54, 1.807) is 27.5 Å². The first-order valence-corrected chi connectivity index (χ1v) is 8.61. The van der Waals surface area contributed by atoms with Crippen LogP contribution in [0, 0.1) is 11.3 Å². The van der Waals surface area contributed by atoms with Crippen molar-refractivity contribution in [1.82, 2.24) is 9.97 Å². The van der Waals surface area contributed by atoms with E-state index in [4.69, 9.17) is 14.2 Å². The third-order valence-corrected chi connectivity index (χ3v) is 4.38. The molecule has 2 aromatic heterocycles. The average Bonchev–Trinajstić information content (AvgIpc) is 3.10. The molecule has 0 bridgehead atoms. The summed E-state index contributed by atoms with van der Waals surface area (Å²) < 4.78 is 16.4. The average molecular weight is 369 g/mol. The lowest BCUT2D eigenvalue weighted by Gasteiger charge is -2.28. The third-order valence-electron chi connectivity index (χ3n) is 4.38. The molecule has 0 spiro atoms. The minimum Gasteiger partial charge on any atom is -0.498 e. The second kappa shape index (κ2) is 8.12. The van der Waals surface area contributed by atoms with Crippen molar-refractivity contribution in [3.8, 4) is 6.07 Å². The van der Waals surface area contributed by atoms with E-state index in [9.17, 15) is 5.26 Å². The quantitative estimate of drug-likeness (QED) is 0.689. The Kier molecular flexibility index (Phi) is 5.64. The van der Waals surface area contributed by atoms with Crippen LogP contribution in [0.1, 0.15) is 12.5 Å². The van der Waals surface area contributed by atoms with Crippen molar-refractivity contribution in [3.05, 3.63) is 41.4 Å². The summed E-state index contributed by atoms with van der Waals surface area (Å²) in [6.45, 7) is 2.73. The maximum Gasteiger partial charge on any atom is 0.144 e. The van der Waals surface area contributed by atoms with E-state index in [2.05, 4.69) is 26.7 Å². The second-order valence-corrected chi connectivity index (χ2v) is 5.98.